The number of likely N-dealkylation sites (tertiary alicyclic amines) is 1. The maximum absolute atomic E-state index is 13.3. The van der Waals surface area contributed by atoms with Gasteiger partial charge in [0.2, 0.25) is 0 Å². The summed E-state index contributed by atoms with van der Waals surface area (Å²) in [6.45, 7) is 3.75. The Morgan fingerprint density at radius 1 is 0.971 bits per heavy atom. The van der Waals surface area contributed by atoms with Crippen molar-refractivity contribution in [2.24, 2.45) is 0 Å². The van der Waals surface area contributed by atoms with E-state index in [1.165, 1.54) is 6.20 Å². The van der Waals surface area contributed by atoms with Crippen LogP contribution in [0.15, 0.2) is 66.9 Å². The number of carbonyl (C=O) groups excluding carboxylic acids is 2. The number of nitrogens with zero attached hydrogens (tertiary/aromatic N) is 4. The monoisotopic (exact) mass is 484 g/mol. The molecule has 2 aromatic carbocycles. The molecule has 0 N–H and O–H groups in total. The molecule has 0 atom stereocenters. The second-order valence-corrected chi connectivity index (χ2v) is 8.58. The number of benzene rings is 2. The van der Waals surface area contributed by atoms with E-state index in [0.717, 1.165) is 17.2 Å². The van der Waals surface area contributed by atoms with Crippen LogP contribution >= 0.6 is 0 Å². The molecule has 4 rings (SSSR count). The number of halogens is 3. The summed E-state index contributed by atoms with van der Waals surface area (Å²) in [7, 11) is 0. The quantitative estimate of drug-likeness (QED) is 0.492. The first-order chi connectivity index (χ1) is 16.8. The number of amides is 2. The molecule has 0 unspecified atom stereocenters. The molecule has 2 amide bonds. The van der Waals surface area contributed by atoms with Gasteiger partial charge in [-0.3, -0.25) is 9.59 Å². The van der Waals surface area contributed by atoms with E-state index in [9.17, 15) is 22.8 Å². The SMILES string of the molecule is CCCN(C(=O)c1ccc(-n2ccc(C(F)(F)F)n2)cc1)C1CCN(C(=O)c2ccccc2)CC1. The number of piperidine rings is 1. The average molecular weight is 485 g/mol. The minimum absolute atomic E-state index is 0.000286. The van der Waals surface area contributed by atoms with Crippen molar-refractivity contribution in [3.63, 3.8) is 0 Å². The molecular weight excluding hydrogens is 457 g/mol. The third-order valence-corrected chi connectivity index (χ3v) is 6.20. The summed E-state index contributed by atoms with van der Waals surface area (Å²) in [5.74, 6) is -0.122. The average Bonchev–Trinajstić information content (AvgIpc) is 3.39. The lowest BCUT2D eigenvalue weighted by molar-refractivity contribution is -0.141. The summed E-state index contributed by atoms with van der Waals surface area (Å²) in [5, 5.41) is 3.57. The van der Waals surface area contributed by atoms with Gasteiger partial charge in [-0.2, -0.15) is 18.3 Å². The Balaban J connectivity index is 1.42. The molecule has 0 aliphatic carbocycles. The third-order valence-electron chi connectivity index (χ3n) is 6.20. The fourth-order valence-electron chi connectivity index (χ4n) is 4.38. The summed E-state index contributed by atoms with van der Waals surface area (Å²) < 4.78 is 39.6. The van der Waals surface area contributed by atoms with Gasteiger partial charge in [-0.25, -0.2) is 4.68 Å². The van der Waals surface area contributed by atoms with Crippen molar-refractivity contribution in [1.82, 2.24) is 19.6 Å². The summed E-state index contributed by atoms with van der Waals surface area (Å²) in [5.41, 5.74) is 0.593. The van der Waals surface area contributed by atoms with Gasteiger partial charge in [-0.15, -0.1) is 0 Å². The molecule has 2 heterocycles. The van der Waals surface area contributed by atoms with Crippen molar-refractivity contribution in [3.8, 4) is 5.69 Å². The molecule has 9 heteroatoms. The molecule has 1 saturated heterocycles. The Morgan fingerprint density at radius 2 is 1.63 bits per heavy atom. The fraction of sp³-hybridized carbons (Fsp3) is 0.346. The van der Waals surface area contributed by atoms with Gasteiger partial charge in [-0.05, 0) is 61.7 Å². The number of alkyl halides is 3. The molecule has 0 spiro atoms. The van der Waals surface area contributed by atoms with Crippen LogP contribution in [-0.4, -0.2) is 57.1 Å². The number of hydrogen-bond acceptors (Lipinski definition) is 3. The van der Waals surface area contributed by atoms with Crippen molar-refractivity contribution in [2.75, 3.05) is 19.6 Å². The lowest BCUT2D eigenvalue weighted by Gasteiger charge is -2.38. The minimum atomic E-state index is -4.51. The van der Waals surface area contributed by atoms with Crippen LogP contribution in [0.25, 0.3) is 5.69 Å². The number of aromatic nitrogens is 2. The van der Waals surface area contributed by atoms with Crippen LogP contribution in [-0.2, 0) is 6.18 Å². The zero-order chi connectivity index (χ0) is 25.0. The maximum atomic E-state index is 13.3. The summed E-state index contributed by atoms with van der Waals surface area (Å²) >= 11 is 0. The highest BCUT2D eigenvalue weighted by atomic mass is 19.4. The molecule has 3 aromatic rings. The van der Waals surface area contributed by atoms with E-state index in [0.29, 0.717) is 49.3 Å². The van der Waals surface area contributed by atoms with Gasteiger partial charge in [0.1, 0.15) is 0 Å². The Kier molecular flexibility index (Phi) is 7.23. The Labute approximate surface area is 202 Å². The molecule has 1 aliphatic rings. The standard InChI is InChI=1S/C26H27F3N4O2/c1-2-15-32(21-12-16-31(17-13-21)24(34)19-6-4-3-5-7-19)25(35)20-8-10-22(11-9-20)33-18-14-23(30-33)26(27,28)29/h3-11,14,18,21H,2,12-13,15-17H2,1H3. The number of carbonyl (C=O) groups is 2. The van der Waals surface area contributed by atoms with Gasteiger partial charge >= 0.3 is 6.18 Å². The smallest absolute Gasteiger partial charge is 0.338 e. The van der Waals surface area contributed by atoms with E-state index in [2.05, 4.69) is 5.10 Å². The van der Waals surface area contributed by atoms with Gasteiger partial charge in [-0.1, -0.05) is 25.1 Å². The normalized spacial score (nSPS) is 14.7. The predicted molar refractivity (Wildman–Crippen MR) is 125 cm³/mol. The largest absolute Gasteiger partial charge is 0.435 e. The van der Waals surface area contributed by atoms with Gasteiger partial charge in [0.15, 0.2) is 5.69 Å². The highest BCUT2D eigenvalue weighted by molar-refractivity contribution is 5.95. The van der Waals surface area contributed by atoms with Crippen LogP contribution in [0.1, 0.15) is 52.6 Å². The fourth-order valence-corrected chi connectivity index (χ4v) is 4.38. The van der Waals surface area contributed by atoms with Crippen LogP contribution in [0.3, 0.4) is 0 Å². The van der Waals surface area contributed by atoms with E-state index in [-0.39, 0.29) is 17.9 Å². The zero-order valence-electron chi connectivity index (χ0n) is 19.4. The van der Waals surface area contributed by atoms with E-state index in [4.69, 9.17) is 0 Å². The topological polar surface area (TPSA) is 58.4 Å². The van der Waals surface area contributed by atoms with Crippen LogP contribution in [0.4, 0.5) is 13.2 Å². The van der Waals surface area contributed by atoms with E-state index < -0.39 is 11.9 Å². The molecule has 1 fully saturated rings. The second kappa shape index (κ2) is 10.3. The molecule has 1 aliphatic heterocycles. The second-order valence-electron chi connectivity index (χ2n) is 8.58. The van der Waals surface area contributed by atoms with Crippen molar-refractivity contribution in [1.29, 1.82) is 0 Å². The first kappa shape index (κ1) is 24.5. The molecule has 0 radical (unpaired) electrons. The van der Waals surface area contributed by atoms with Gasteiger partial charge in [0, 0.05) is 43.0 Å². The van der Waals surface area contributed by atoms with Crippen molar-refractivity contribution in [3.05, 3.63) is 83.7 Å². The molecular formula is C26H27F3N4O2. The van der Waals surface area contributed by atoms with Crippen LogP contribution < -0.4 is 0 Å². The Hall–Kier alpha value is -3.62. The number of rotatable bonds is 6. The van der Waals surface area contributed by atoms with Crippen LogP contribution in [0.2, 0.25) is 0 Å². The summed E-state index contributed by atoms with van der Waals surface area (Å²) in [6, 6.07) is 16.5. The van der Waals surface area contributed by atoms with Gasteiger partial charge in [0.05, 0.1) is 5.69 Å². The van der Waals surface area contributed by atoms with Crippen LogP contribution in [0.5, 0.6) is 0 Å². The minimum Gasteiger partial charge on any atom is -0.338 e. The highest BCUT2D eigenvalue weighted by Gasteiger charge is 2.34. The van der Waals surface area contributed by atoms with Crippen molar-refractivity contribution in [2.45, 2.75) is 38.4 Å². The molecule has 1 aromatic heterocycles. The summed E-state index contributed by atoms with van der Waals surface area (Å²) in [6.07, 6.45) is -1.09. The Morgan fingerprint density at radius 3 is 2.20 bits per heavy atom. The zero-order valence-corrected chi connectivity index (χ0v) is 19.4. The van der Waals surface area contributed by atoms with E-state index in [1.54, 1.807) is 36.4 Å². The molecule has 35 heavy (non-hydrogen) atoms. The highest BCUT2D eigenvalue weighted by Crippen LogP contribution is 2.28. The first-order valence-corrected chi connectivity index (χ1v) is 11.7. The first-order valence-electron chi connectivity index (χ1n) is 11.7. The van der Waals surface area contributed by atoms with Crippen molar-refractivity contribution < 1.29 is 22.8 Å². The molecule has 0 bridgehead atoms. The molecule has 184 valence electrons. The predicted octanol–water partition coefficient (Wildman–Crippen LogP) is 5.05. The van der Waals surface area contributed by atoms with E-state index >= 15 is 0 Å². The number of hydrogen-bond donors (Lipinski definition) is 0. The third kappa shape index (κ3) is 5.55. The lowest BCUT2D eigenvalue weighted by atomic mass is 10.0. The lowest BCUT2D eigenvalue weighted by Crippen LogP contribution is -2.49. The Bertz CT molecular complexity index is 1150. The summed E-state index contributed by atoms with van der Waals surface area (Å²) in [4.78, 5) is 29.8. The molecule has 6 nitrogen and oxygen atoms in total. The van der Waals surface area contributed by atoms with Crippen molar-refractivity contribution >= 4 is 11.8 Å². The van der Waals surface area contributed by atoms with E-state index in [1.807, 2.05) is 34.9 Å². The maximum Gasteiger partial charge on any atom is 0.435 e. The van der Waals surface area contributed by atoms with Gasteiger partial charge in [0.25, 0.3) is 11.8 Å². The van der Waals surface area contributed by atoms with Crippen LogP contribution in [0, 0.1) is 0 Å². The molecule has 0 saturated carbocycles. The van der Waals surface area contributed by atoms with Gasteiger partial charge < -0.3 is 9.80 Å².